The third-order valence-electron chi connectivity index (χ3n) is 3.86. The van der Waals surface area contributed by atoms with Crippen molar-refractivity contribution in [1.29, 1.82) is 0 Å². The molecular formula is C15H18FNO3. The predicted molar refractivity (Wildman–Crippen MR) is 71.7 cm³/mol. The van der Waals surface area contributed by atoms with E-state index >= 15 is 0 Å². The number of carbonyl (C=O) groups excluding carboxylic acids is 1. The first-order valence-corrected chi connectivity index (χ1v) is 6.67. The molecule has 0 spiro atoms. The second-order valence-corrected chi connectivity index (χ2v) is 5.55. The number of likely N-dealkylation sites (tertiary alicyclic amines) is 1. The van der Waals surface area contributed by atoms with Crippen LogP contribution in [0.1, 0.15) is 25.3 Å². The average molecular weight is 279 g/mol. The number of hydrogen-bond donors (Lipinski definition) is 1. The van der Waals surface area contributed by atoms with Gasteiger partial charge in [0, 0.05) is 13.1 Å². The molecule has 1 amide bonds. The molecule has 5 heteroatoms. The van der Waals surface area contributed by atoms with Gasteiger partial charge in [-0.1, -0.05) is 18.2 Å². The number of hydrogen-bond acceptors (Lipinski definition) is 2. The minimum atomic E-state index is -0.900. The Morgan fingerprint density at radius 2 is 2.10 bits per heavy atom. The Labute approximate surface area is 117 Å². The molecule has 108 valence electrons. The molecular weight excluding hydrogens is 261 g/mol. The average Bonchev–Trinajstić information content (AvgIpc) is 2.41. The monoisotopic (exact) mass is 279 g/mol. The van der Waals surface area contributed by atoms with Crippen LogP contribution in [0.4, 0.5) is 4.39 Å². The van der Waals surface area contributed by atoms with Crippen molar-refractivity contribution in [2.24, 2.45) is 5.41 Å². The first-order valence-electron chi connectivity index (χ1n) is 6.67. The van der Waals surface area contributed by atoms with Gasteiger partial charge in [-0.2, -0.15) is 0 Å². The summed E-state index contributed by atoms with van der Waals surface area (Å²) in [5.74, 6) is -1.51. The van der Waals surface area contributed by atoms with Crippen molar-refractivity contribution in [3.05, 3.63) is 35.6 Å². The smallest absolute Gasteiger partial charge is 0.311 e. The number of aliphatic carboxylic acids is 1. The highest BCUT2D eigenvalue weighted by molar-refractivity contribution is 5.81. The van der Waals surface area contributed by atoms with E-state index in [-0.39, 0.29) is 18.9 Å². The summed E-state index contributed by atoms with van der Waals surface area (Å²) in [5.41, 5.74) is -0.552. The van der Waals surface area contributed by atoms with Crippen LogP contribution in [-0.4, -0.2) is 35.0 Å². The highest BCUT2D eigenvalue weighted by atomic mass is 19.1. The Bertz CT molecular complexity index is 532. The highest BCUT2D eigenvalue weighted by Crippen LogP contribution is 2.30. The second-order valence-electron chi connectivity index (χ2n) is 5.55. The van der Waals surface area contributed by atoms with Gasteiger partial charge in [0.15, 0.2) is 0 Å². The normalized spacial score (nSPS) is 22.6. The molecule has 0 saturated carbocycles. The number of piperidine rings is 1. The molecule has 0 radical (unpaired) electrons. The van der Waals surface area contributed by atoms with Crippen molar-refractivity contribution in [2.75, 3.05) is 13.1 Å². The van der Waals surface area contributed by atoms with E-state index in [4.69, 9.17) is 0 Å². The van der Waals surface area contributed by atoms with Crippen LogP contribution in [0.25, 0.3) is 0 Å². The lowest BCUT2D eigenvalue weighted by Gasteiger charge is -2.37. The summed E-state index contributed by atoms with van der Waals surface area (Å²) in [6.45, 7) is 2.38. The molecule has 1 aliphatic rings. The fourth-order valence-corrected chi connectivity index (χ4v) is 2.54. The van der Waals surface area contributed by atoms with Crippen molar-refractivity contribution >= 4 is 11.9 Å². The molecule has 1 atom stereocenters. The minimum Gasteiger partial charge on any atom is -0.481 e. The van der Waals surface area contributed by atoms with Crippen LogP contribution in [0.15, 0.2) is 24.3 Å². The van der Waals surface area contributed by atoms with Crippen LogP contribution in [0, 0.1) is 11.2 Å². The lowest BCUT2D eigenvalue weighted by Crippen LogP contribution is -2.48. The molecule has 1 fully saturated rings. The SMILES string of the molecule is CC1(C(=O)O)CCCN(C(=O)Cc2ccccc2F)C1. The summed E-state index contributed by atoms with van der Waals surface area (Å²) in [5, 5.41) is 9.23. The topological polar surface area (TPSA) is 57.6 Å². The first kappa shape index (κ1) is 14.5. The fourth-order valence-electron chi connectivity index (χ4n) is 2.54. The number of amides is 1. The van der Waals surface area contributed by atoms with Crippen LogP contribution in [0.2, 0.25) is 0 Å². The molecule has 2 rings (SSSR count). The lowest BCUT2D eigenvalue weighted by molar-refractivity contribution is -0.153. The molecule has 0 aliphatic carbocycles. The molecule has 1 aromatic carbocycles. The molecule has 1 aliphatic heterocycles. The Morgan fingerprint density at radius 1 is 1.40 bits per heavy atom. The van der Waals surface area contributed by atoms with E-state index in [9.17, 15) is 19.1 Å². The number of carboxylic acids is 1. The molecule has 0 bridgehead atoms. The summed E-state index contributed by atoms with van der Waals surface area (Å²) in [7, 11) is 0. The highest BCUT2D eigenvalue weighted by Gasteiger charge is 2.39. The Morgan fingerprint density at radius 3 is 2.75 bits per heavy atom. The van der Waals surface area contributed by atoms with Gasteiger partial charge < -0.3 is 10.0 Å². The number of benzene rings is 1. The Hall–Kier alpha value is -1.91. The van der Waals surface area contributed by atoms with E-state index in [2.05, 4.69) is 0 Å². The van der Waals surface area contributed by atoms with Crippen molar-refractivity contribution < 1.29 is 19.1 Å². The van der Waals surface area contributed by atoms with E-state index < -0.39 is 17.2 Å². The van der Waals surface area contributed by atoms with Gasteiger partial charge in [-0.05, 0) is 31.4 Å². The van der Waals surface area contributed by atoms with Gasteiger partial charge >= 0.3 is 5.97 Å². The summed E-state index contributed by atoms with van der Waals surface area (Å²) >= 11 is 0. The van der Waals surface area contributed by atoms with E-state index in [0.29, 0.717) is 24.9 Å². The lowest BCUT2D eigenvalue weighted by atomic mass is 9.82. The van der Waals surface area contributed by atoms with Crippen molar-refractivity contribution in [3.63, 3.8) is 0 Å². The largest absolute Gasteiger partial charge is 0.481 e. The fraction of sp³-hybridized carbons (Fsp3) is 0.467. The van der Waals surface area contributed by atoms with E-state index in [1.165, 1.54) is 11.0 Å². The number of carboxylic acid groups (broad SMARTS) is 1. The van der Waals surface area contributed by atoms with E-state index in [0.717, 1.165) is 0 Å². The quantitative estimate of drug-likeness (QED) is 0.921. The summed E-state index contributed by atoms with van der Waals surface area (Å²) in [6.07, 6.45) is 1.19. The van der Waals surface area contributed by atoms with Gasteiger partial charge in [0.2, 0.25) is 5.91 Å². The molecule has 1 saturated heterocycles. The third kappa shape index (κ3) is 2.98. The number of rotatable bonds is 3. The Balaban J connectivity index is 2.06. The van der Waals surface area contributed by atoms with Crippen molar-refractivity contribution in [2.45, 2.75) is 26.2 Å². The zero-order valence-electron chi connectivity index (χ0n) is 11.4. The minimum absolute atomic E-state index is 0.0254. The first-order chi connectivity index (χ1) is 9.42. The summed E-state index contributed by atoms with van der Waals surface area (Å²) in [6, 6.07) is 6.16. The maximum absolute atomic E-state index is 13.5. The van der Waals surface area contributed by atoms with Crippen molar-refractivity contribution in [1.82, 2.24) is 4.90 Å². The third-order valence-corrected chi connectivity index (χ3v) is 3.86. The summed E-state index contributed by atoms with van der Waals surface area (Å²) < 4.78 is 13.5. The predicted octanol–water partition coefficient (Wildman–Crippen LogP) is 2.08. The molecule has 1 N–H and O–H groups in total. The van der Waals surface area contributed by atoms with E-state index in [1.54, 1.807) is 25.1 Å². The van der Waals surface area contributed by atoms with Gasteiger partial charge in [0.05, 0.1) is 11.8 Å². The number of carbonyl (C=O) groups is 2. The second kappa shape index (κ2) is 5.61. The van der Waals surface area contributed by atoms with Crippen LogP contribution in [0.5, 0.6) is 0 Å². The van der Waals surface area contributed by atoms with Gasteiger partial charge in [-0.3, -0.25) is 9.59 Å². The standard InChI is InChI=1S/C15H18FNO3/c1-15(14(19)20)7-4-8-17(10-15)13(18)9-11-5-2-3-6-12(11)16/h2-3,5-6H,4,7-10H2,1H3,(H,19,20). The number of nitrogens with zero attached hydrogens (tertiary/aromatic N) is 1. The van der Waals surface area contributed by atoms with Crippen LogP contribution < -0.4 is 0 Å². The summed E-state index contributed by atoms with van der Waals surface area (Å²) in [4.78, 5) is 25.0. The molecule has 1 heterocycles. The van der Waals surface area contributed by atoms with Gasteiger partial charge in [0.1, 0.15) is 5.82 Å². The zero-order valence-corrected chi connectivity index (χ0v) is 11.4. The molecule has 1 unspecified atom stereocenters. The molecule has 20 heavy (non-hydrogen) atoms. The maximum atomic E-state index is 13.5. The maximum Gasteiger partial charge on any atom is 0.311 e. The zero-order chi connectivity index (χ0) is 14.8. The number of halogens is 1. The molecule has 4 nitrogen and oxygen atoms in total. The van der Waals surface area contributed by atoms with Gasteiger partial charge in [-0.15, -0.1) is 0 Å². The van der Waals surface area contributed by atoms with Crippen molar-refractivity contribution in [3.8, 4) is 0 Å². The van der Waals surface area contributed by atoms with Gasteiger partial charge in [-0.25, -0.2) is 4.39 Å². The Kier molecular flexibility index (Phi) is 4.06. The van der Waals surface area contributed by atoms with Gasteiger partial charge in [0.25, 0.3) is 0 Å². The van der Waals surface area contributed by atoms with Crippen LogP contribution >= 0.6 is 0 Å². The van der Waals surface area contributed by atoms with Crippen LogP contribution in [0.3, 0.4) is 0 Å². The molecule has 0 aromatic heterocycles. The van der Waals surface area contributed by atoms with Crippen LogP contribution in [-0.2, 0) is 16.0 Å². The van der Waals surface area contributed by atoms with E-state index in [1.807, 2.05) is 0 Å². The molecule has 1 aromatic rings.